The number of thiazole rings is 1. The summed E-state index contributed by atoms with van der Waals surface area (Å²) in [5.41, 5.74) is 0.652. The molecule has 0 bridgehead atoms. The molecule has 3 heterocycles. The Bertz CT molecular complexity index is 1140. The zero-order chi connectivity index (χ0) is 20.4. The van der Waals surface area contributed by atoms with Gasteiger partial charge in [-0.2, -0.15) is 0 Å². The number of thioether (sulfide) groups is 1. The molecular formula is C19H18FN5O2S2. The molecule has 0 spiro atoms. The van der Waals surface area contributed by atoms with Crippen LogP contribution in [-0.4, -0.2) is 31.4 Å². The van der Waals surface area contributed by atoms with Gasteiger partial charge in [0.25, 0.3) is 0 Å². The average molecular weight is 432 g/mol. The van der Waals surface area contributed by atoms with E-state index in [9.17, 15) is 9.18 Å². The van der Waals surface area contributed by atoms with Gasteiger partial charge in [0.15, 0.2) is 10.3 Å². The number of carbonyl (C=O) groups is 1. The van der Waals surface area contributed by atoms with Gasteiger partial charge in [-0.3, -0.25) is 9.36 Å². The average Bonchev–Trinajstić information content (AvgIpc) is 3.40. The van der Waals surface area contributed by atoms with Gasteiger partial charge in [0.05, 0.1) is 28.8 Å². The highest BCUT2D eigenvalue weighted by molar-refractivity contribution is 7.99. The van der Waals surface area contributed by atoms with E-state index in [1.54, 1.807) is 12.3 Å². The number of nitrogens with one attached hydrogen (secondary N) is 1. The van der Waals surface area contributed by atoms with Crippen molar-refractivity contribution >= 4 is 44.4 Å². The molecule has 150 valence electrons. The highest BCUT2D eigenvalue weighted by Crippen LogP contribution is 2.27. The SMILES string of the molecule is CC(C)c1nnc(SCC(=O)Nc2nc3ccc(F)cc3s2)n1Cc1ccco1. The quantitative estimate of drug-likeness (QED) is 0.433. The molecule has 29 heavy (non-hydrogen) atoms. The molecule has 0 aliphatic heterocycles. The zero-order valence-electron chi connectivity index (χ0n) is 15.8. The summed E-state index contributed by atoms with van der Waals surface area (Å²) in [4.78, 5) is 16.7. The van der Waals surface area contributed by atoms with Crippen molar-refractivity contribution in [3.8, 4) is 0 Å². The molecule has 0 unspecified atom stereocenters. The second-order valence-corrected chi connectivity index (χ2v) is 8.60. The maximum atomic E-state index is 13.3. The van der Waals surface area contributed by atoms with Crippen LogP contribution in [0.4, 0.5) is 9.52 Å². The van der Waals surface area contributed by atoms with Crippen molar-refractivity contribution in [2.75, 3.05) is 11.1 Å². The van der Waals surface area contributed by atoms with E-state index in [0.29, 0.717) is 27.0 Å². The van der Waals surface area contributed by atoms with E-state index in [0.717, 1.165) is 11.6 Å². The Labute approximate surface area is 174 Å². The number of benzene rings is 1. The number of amides is 1. The van der Waals surface area contributed by atoms with Crippen LogP contribution in [0, 0.1) is 5.82 Å². The summed E-state index contributed by atoms with van der Waals surface area (Å²) >= 11 is 2.53. The van der Waals surface area contributed by atoms with Crippen LogP contribution < -0.4 is 5.32 Å². The number of nitrogens with zero attached hydrogens (tertiary/aromatic N) is 4. The van der Waals surface area contributed by atoms with E-state index >= 15 is 0 Å². The molecule has 0 saturated heterocycles. The minimum absolute atomic E-state index is 0.151. The van der Waals surface area contributed by atoms with Gasteiger partial charge in [-0.05, 0) is 30.3 Å². The van der Waals surface area contributed by atoms with Gasteiger partial charge in [-0.15, -0.1) is 10.2 Å². The Morgan fingerprint density at radius 3 is 2.97 bits per heavy atom. The zero-order valence-corrected chi connectivity index (χ0v) is 17.4. The summed E-state index contributed by atoms with van der Waals surface area (Å²) in [5.74, 6) is 1.42. The summed E-state index contributed by atoms with van der Waals surface area (Å²) in [5, 5.41) is 12.4. The molecule has 4 rings (SSSR count). The lowest BCUT2D eigenvalue weighted by Crippen LogP contribution is -2.15. The number of furan rings is 1. The maximum Gasteiger partial charge on any atom is 0.236 e. The normalized spacial score (nSPS) is 11.4. The van der Waals surface area contributed by atoms with E-state index in [-0.39, 0.29) is 23.4 Å². The molecular weight excluding hydrogens is 413 g/mol. The number of halogens is 1. The molecule has 1 amide bonds. The van der Waals surface area contributed by atoms with Crippen LogP contribution in [0.2, 0.25) is 0 Å². The fourth-order valence-electron chi connectivity index (χ4n) is 2.78. The molecule has 0 aliphatic carbocycles. The van der Waals surface area contributed by atoms with Crippen molar-refractivity contribution in [1.82, 2.24) is 19.7 Å². The smallest absolute Gasteiger partial charge is 0.236 e. The number of aromatic nitrogens is 4. The number of hydrogen-bond donors (Lipinski definition) is 1. The van der Waals surface area contributed by atoms with Crippen LogP contribution in [-0.2, 0) is 11.3 Å². The summed E-state index contributed by atoms with van der Waals surface area (Å²) in [6.45, 7) is 4.58. The molecule has 10 heteroatoms. The Balaban J connectivity index is 1.44. The third kappa shape index (κ3) is 4.48. The molecule has 7 nitrogen and oxygen atoms in total. The second kappa shape index (κ2) is 8.34. The molecule has 0 atom stereocenters. The molecule has 1 aromatic carbocycles. The van der Waals surface area contributed by atoms with E-state index < -0.39 is 0 Å². The summed E-state index contributed by atoms with van der Waals surface area (Å²) in [6.07, 6.45) is 1.62. The van der Waals surface area contributed by atoms with E-state index in [1.807, 2.05) is 30.5 Å². The maximum absolute atomic E-state index is 13.3. The second-order valence-electron chi connectivity index (χ2n) is 6.63. The van der Waals surface area contributed by atoms with E-state index in [4.69, 9.17) is 4.42 Å². The third-order valence-corrected chi connectivity index (χ3v) is 5.99. The molecule has 0 saturated carbocycles. The van der Waals surface area contributed by atoms with E-state index in [2.05, 4.69) is 20.5 Å². The van der Waals surface area contributed by atoms with Crippen LogP contribution in [0.25, 0.3) is 10.2 Å². The van der Waals surface area contributed by atoms with Gasteiger partial charge in [0, 0.05) is 5.92 Å². The van der Waals surface area contributed by atoms with Gasteiger partial charge in [-0.1, -0.05) is 36.9 Å². The summed E-state index contributed by atoms with van der Waals surface area (Å²) in [6, 6.07) is 8.07. The van der Waals surface area contributed by atoms with Gasteiger partial charge < -0.3 is 9.73 Å². The molecule has 1 N–H and O–H groups in total. The molecule has 3 aromatic heterocycles. The Morgan fingerprint density at radius 1 is 1.34 bits per heavy atom. The molecule has 4 aromatic rings. The highest BCUT2D eigenvalue weighted by atomic mass is 32.2. The number of rotatable bonds is 7. The molecule has 0 fully saturated rings. The number of hydrogen-bond acceptors (Lipinski definition) is 7. The van der Waals surface area contributed by atoms with Crippen LogP contribution in [0.15, 0.2) is 46.2 Å². The van der Waals surface area contributed by atoms with E-state index in [1.165, 1.54) is 35.2 Å². The first kappa shape index (κ1) is 19.6. The highest BCUT2D eigenvalue weighted by Gasteiger charge is 2.18. The summed E-state index contributed by atoms with van der Waals surface area (Å²) < 4.78 is 21.4. The predicted molar refractivity (Wildman–Crippen MR) is 111 cm³/mol. The van der Waals surface area contributed by atoms with Crippen molar-refractivity contribution in [3.63, 3.8) is 0 Å². The van der Waals surface area contributed by atoms with Crippen molar-refractivity contribution in [1.29, 1.82) is 0 Å². The lowest BCUT2D eigenvalue weighted by molar-refractivity contribution is -0.113. The van der Waals surface area contributed by atoms with Gasteiger partial charge in [0.2, 0.25) is 5.91 Å². The van der Waals surface area contributed by atoms with Crippen LogP contribution in [0.3, 0.4) is 0 Å². The predicted octanol–water partition coefficient (Wildman–Crippen LogP) is 4.52. The monoisotopic (exact) mass is 431 g/mol. The van der Waals surface area contributed by atoms with Crippen LogP contribution in [0.5, 0.6) is 0 Å². The van der Waals surface area contributed by atoms with Crippen molar-refractivity contribution < 1.29 is 13.6 Å². The first-order chi connectivity index (χ1) is 14.0. The molecule has 0 aliphatic rings. The minimum atomic E-state index is -0.327. The Kier molecular flexibility index (Phi) is 5.63. The van der Waals surface area contributed by atoms with Gasteiger partial charge in [0.1, 0.15) is 17.4 Å². The van der Waals surface area contributed by atoms with Gasteiger partial charge >= 0.3 is 0 Å². The standard InChI is InChI=1S/C19H18FN5O2S2/c1-11(2)17-23-24-19(25(17)9-13-4-3-7-27-13)28-10-16(26)22-18-21-14-6-5-12(20)8-15(14)29-18/h3-8,11H,9-10H2,1-2H3,(H,21,22,26). The van der Waals surface area contributed by atoms with Crippen molar-refractivity contribution in [2.45, 2.75) is 31.5 Å². The van der Waals surface area contributed by atoms with Crippen LogP contribution in [0.1, 0.15) is 31.4 Å². The van der Waals surface area contributed by atoms with Crippen LogP contribution >= 0.6 is 23.1 Å². The first-order valence-corrected chi connectivity index (χ1v) is 10.7. The topological polar surface area (TPSA) is 85.8 Å². The number of carbonyl (C=O) groups excluding carboxylic acids is 1. The third-order valence-electron chi connectivity index (χ3n) is 4.09. The van der Waals surface area contributed by atoms with Gasteiger partial charge in [-0.25, -0.2) is 9.37 Å². The lowest BCUT2D eigenvalue weighted by Gasteiger charge is -2.10. The largest absolute Gasteiger partial charge is 0.467 e. The fraction of sp³-hybridized carbons (Fsp3) is 0.263. The Hall–Kier alpha value is -2.72. The minimum Gasteiger partial charge on any atom is -0.467 e. The lowest BCUT2D eigenvalue weighted by atomic mass is 10.2. The fourth-order valence-corrected chi connectivity index (χ4v) is 4.43. The van der Waals surface area contributed by atoms with Crippen molar-refractivity contribution in [3.05, 3.63) is 54.0 Å². The number of anilines is 1. The molecule has 0 radical (unpaired) electrons. The first-order valence-electron chi connectivity index (χ1n) is 8.94. The number of fused-ring (bicyclic) bond motifs is 1. The summed E-state index contributed by atoms with van der Waals surface area (Å²) in [7, 11) is 0. The van der Waals surface area contributed by atoms with Crippen molar-refractivity contribution in [2.24, 2.45) is 0 Å². The Morgan fingerprint density at radius 2 is 2.21 bits per heavy atom.